The number of thiophene rings is 1. The highest BCUT2D eigenvalue weighted by Crippen LogP contribution is 2.24. The van der Waals surface area contributed by atoms with Crippen LogP contribution >= 0.6 is 11.3 Å². The Morgan fingerprint density at radius 3 is 2.94 bits per heavy atom. The predicted molar refractivity (Wildman–Crippen MR) is 69.8 cm³/mol. The molecule has 0 fully saturated rings. The first-order chi connectivity index (χ1) is 8.78. The van der Waals surface area contributed by atoms with Crippen LogP contribution in [0.15, 0.2) is 42.0 Å². The van der Waals surface area contributed by atoms with Crippen molar-refractivity contribution in [3.8, 4) is 10.6 Å². The number of pyridine rings is 1. The van der Waals surface area contributed by atoms with Gasteiger partial charge in [-0.3, -0.25) is 0 Å². The molecule has 0 aliphatic rings. The summed E-state index contributed by atoms with van der Waals surface area (Å²) in [5.74, 6) is -0.344. The summed E-state index contributed by atoms with van der Waals surface area (Å²) >= 11 is 1.64. The number of carbonyl (C=O) groups is 1. The van der Waals surface area contributed by atoms with Gasteiger partial charge in [-0.2, -0.15) is 0 Å². The van der Waals surface area contributed by atoms with Gasteiger partial charge in [-0.1, -0.05) is 6.07 Å². The molecule has 0 bridgehead atoms. The Balaban J connectivity index is 2.10. The normalized spacial score (nSPS) is 10.7. The fourth-order valence-corrected chi connectivity index (χ4v) is 2.45. The van der Waals surface area contributed by atoms with E-state index in [0.717, 1.165) is 16.2 Å². The molecule has 90 valence electrons. The minimum absolute atomic E-state index is 0.344. The summed E-state index contributed by atoms with van der Waals surface area (Å²) in [6, 6.07) is 7.53. The Morgan fingerprint density at radius 1 is 1.33 bits per heavy atom. The van der Waals surface area contributed by atoms with Crippen molar-refractivity contribution in [2.45, 2.75) is 0 Å². The molecular formula is C13H10N2O2S. The van der Waals surface area contributed by atoms with Crippen LogP contribution in [0, 0.1) is 0 Å². The van der Waals surface area contributed by atoms with Crippen LogP contribution in [0.1, 0.15) is 10.4 Å². The molecule has 3 rings (SSSR count). The van der Waals surface area contributed by atoms with Crippen LogP contribution in [0.3, 0.4) is 0 Å². The Bertz CT molecular complexity index is 701. The van der Waals surface area contributed by atoms with Gasteiger partial charge in [0, 0.05) is 12.4 Å². The highest BCUT2D eigenvalue weighted by Gasteiger charge is 2.09. The Morgan fingerprint density at radius 2 is 2.22 bits per heavy atom. The second-order valence-corrected chi connectivity index (χ2v) is 4.73. The lowest BCUT2D eigenvalue weighted by Gasteiger charge is -1.99. The van der Waals surface area contributed by atoms with E-state index in [1.807, 2.05) is 34.2 Å². The highest BCUT2D eigenvalue weighted by atomic mass is 32.1. The SMILES string of the molecule is COC(=O)c1ccc2nc(-c3cccs3)cn2c1. The lowest BCUT2D eigenvalue weighted by Crippen LogP contribution is -2.02. The molecular weight excluding hydrogens is 248 g/mol. The van der Waals surface area contributed by atoms with Gasteiger partial charge in [0.1, 0.15) is 5.65 Å². The van der Waals surface area contributed by atoms with Gasteiger partial charge in [0.2, 0.25) is 0 Å². The van der Waals surface area contributed by atoms with Gasteiger partial charge in [-0.15, -0.1) is 11.3 Å². The number of imidazole rings is 1. The third kappa shape index (κ3) is 1.78. The van der Waals surface area contributed by atoms with Crippen LogP contribution in [-0.2, 0) is 4.74 Å². The topological polar surface area (TPSA) is 43.6 Å². The van der Waals surface area contributed by atoms with Gasteiger partial charge >= 0.3 is 5.97 Å². The van der Waals surface area contributed by atoms with Crippen LogP contribution in [0.4, 0.5) is 0 Å². The van der Waals surface area contributed by atoms with E-state index in [4.69, 9.17) is 4.74 Å². The van der Waals surface area contributed by atoms with Crippen molar-refractivity contribution in [1.29, 1.82) is 0 Å². The van der Waals surface area contributed by atoms with Crippen LogP contribution < -0.4 is 0 Å². The number of aromatic nitrogens is 2. The van der Waals surface area contributed by atoms with Crippen molar-refractivity contribution in [3.05, 3.63) is 47.6 Å². The van der Waals surface area contributed by atoms with Crippen LogP contribution in [0.2, 0.25) is 0 Å². The van der Waals surface area contributed by atoms with E-state index in [1.165, 1.54) is 7.11 Å². The monoisotopic (exact) mass is 258 g/mol. The molecule has 0 atom stereocenters. The van der Waals surface area contributed by atoms with Crippen LogP contribution in [0.5, 0.6) is 0 Å². The number of hydrogen-bond acceptors (Lipinski definition) is 4. The van der Waals surface area contributed by atoms with Gasteiger partial charge in [-0.25, -0.2) is 9.78 Å². The first-order valence-corrected chi connectivity index (χ1v) is 6.27. The van der Waals surface area contributed by atoms with E-state index in [2.05, 4.69) is 4.98 Å². The Labute approximate surface area is 107 Å². The smallest absolute Gasteiger partial charge is 0.339 e. The van der Waals surface area contributed by atoms with Gasteiger partial charge in [0.05, 0.1) is 23.2 Å². The maximum Gasteiger partial charge on any atom is 0.339 e. The zero-order valence-corrected chi connectivity index (χ0v) is 10.5. The minimum Gasteiger partial charge on any atom is -0.465 e. The number of rotatable bonds is 2. The third-order valence-corrected chi connectivity index (χ3v) is 3.54. The summed E-state index contributed by atoms with van der Waals surface area (Å²) in [5.41, 5.74) is 2.23. The molecule has 0 unspecified atom stereocenters. The van der Waals surface area contributed by atoms with E-state index in [-0.39, 0.29) is 5.97 Å². The molecule has 0 N–H and O–H groups in total. The molecule has 0 spiro atoms. The molecule has 0 saturated heterocycles. The number of hydrogen-bond donors (Lipinski definition) is 0. The van der Waals surface area contributed by atoms with Gasteiger partial charge in [0.15, 0.2) is 0 Å². The highest BCUT2D eigenvalue weighted by molar-refractivity contribution is 7.13. The number of methoxy groups -OCH3 is 1. The summed E-state index contributed by atoms with van der Waals surface area (Å²) < 4.78 is 6.53. The number of carbonyl (C=O) groups excluding carboxylic acids is 1. The molecule has 0 amide bonds. The second-order valence-electron chi connectivity index (χ2n) is 3.78. The van der Waals surface area contributed by atoms with Gasteiger partial charge in [-0.05, 0) is 23.6 Å². The molecule has 0 aliphatic heterocycles. The number of nitrogens with zero attached hydrogens (tertiary/aromatic N) is 2. The van der Waals surface area contributed by atoms with E-state index < -0.39 is 0 Å². The van der Waals surface area contributed by atoms with E-state index in [9.17, 15) is 4.79 Å². The summed E-state index contributed by atoms with van der Waals surface area (Å²) in [6.07, 6.45) is 3.64. The zero-order chi connectivity index (χ0) is 12.5. The number of esters is 1. The zero-order valence-electron chi connectivity index (χ0n) is 9.66. The fraction of sp³-hybridized carbons (Fsp3) is 0.0769. The minimum atomic E-state index is -0.344. The lowest BCUT2D eigenvalue weighted by molar-refractivity contribution is 0.0600. The molecule has 0 aromatic carbocycles. The molecule has 5 heteroatoms. The van der Waals surface area contributed by atoms with Crippen molar-refractivity contribution in [2.24, 2.45) is 0 Å². The molecule has 0 saturated carbocycles. The van der Waals surface area contributed by atoms with Crippen molar-refractivity contribution in [3.63, 3.8) is 0 Å². The van der Waals surface area contributed by atoms with E-state index >= 15 is 0 Å². The predicted octanol–water partition coefficient (Wildman–Crippen LogP) is 2.85. The Hall–Kier alpha value is -2.14. The third-order valence-electron chi connectivity index (χ3n) is 2.65. The molecule has 0 radical (unpaired) electrons. The standard InChI is InChI=1S/C13H10N2O2S/c1-17-13(16)9-4-5-12-14-10(8-15(12)7-9)11-3-2-6-18-11/h2-8H,1H3. The average molecular weight is 258 g/mol. The first kappa shape index (κ1) is 11.0. The molecule has 0 aliphatic carbocycles. The molecule has 3 aromatic heterocycles. The van der Waals surface area contributed by atoms with Crippen molar-refractivity contribution < 1.29 is 9.53 Å². The Kier molecular flexibility index (Phi) is 2.60. The largest absolute Gasteiger partial charge is 0.465 e. The molecule has 18 heavy (non-hydrogen) atoms. The average Bonchev–Trinajstić information content (AvgIpc) is 3.04. The van der Waals surface area contributed by atoms with Gasteiger partial charge < -0.3 is 9.14 Å². The summed E-state index contributed by atoms with van der Waals surface area (Å²) in [5, 5.41) is 2.01. The number of ether oxygens (including phenoxy) is 1. The van der Waals surface area contributed by atoms with E-state index in [0.29, 0.717) is 5.56 Å². The van der Waals surface area contributed by atoms with Gasteiger partial charge in [0.25, 0.3) is 0 Å². The summed E-state index contributed by atoms with van der Waals surface area (Å²) in [7, 11) is 1.37. The summed E-state index contributed by atoms with van der Waals surface area (Å²) in [6.45, 7) is 0. The maximum atomic E-state index is 11.4. The van der Waals surface area contributed by atoms with Crippen molar-refractivity contribution in [1.82, 2.24) is 9.38 Å². The van der Waals surface area contributed by atoms with Crippen LogP contribution in [-0.4, -0.2) is 22.5 Å². The fourth-order valence-electron chi connectivity index (χ4n) is 1.77. The summed E-state index contributed by atoms with van der Waals surface area (Å²) in [4.78, 5) is 17.1. The molecule has 3 heterocycles. The second kappa shape index (κ2) is 4.27. The first-order valence-electron chi connectivity index (χ1n) is 5.39. The van der Waals surface area contributed by atoms with Crippen molar-refractivity contribution >= 4 is 23.0 Å². The quantitative estimate of drug-likeness (QED) is 0.664. The van der Waals surface area contributed by atoms with E-state index in [1.54, 1.807) is 23.6 Å². The number of fused-ring (bicyclic) bond motifs is 1. The van der Waals surface area contributed by atoms with Crippen LogP contribution in [0.25, 0.3) is 16.2 Å². The lowest BCUT2D eigenvalue weighted by atomic mass is 10.3. The molecule has 3 aromatic rings. The molecule has 4 nitrogen and oxygen atoms in total. The maximum absolute atomic E-state index is 11.4. The van der Waals surface area contributed by atoms with Crippen molar-refractivity contribution in [2.75, 3.05) is 7.11 Å².